The Bertz CT molecular complexity index is 983. The fourth-order valence-corrected chi connectivity index (χ4v) is 2.89. The van der Waals surface area contributed by atoms with Gasteiger partial charge in [0.15, 0.2) is 6.61 Å². The average Bonchev–Trinajstić information content (AvgIpc) is 3.19. The third-order valence-electron chi connectivity index (χ3n) is 3.84. The van der Waals surface area contributed by atoms with Crippen molar-refractivity contribution in [3.63, 3.8) is 0 Å². The maximum Gasteiger partial charge on any atom is 0.257 e. The summed E-state index contributed by atoms with van der Waals surface area (Å²) in [6, 6.07) is 16.8. The van der Waals surface area contributed by atoms with Gasteiger partial charge in [-0.2, -0.15) is 10.2 Å². The van der Waals surface area contributed by atoms with Gasteiger partial charge in [0, 0.05) is 23.0 Å². The van der Waals surface area contributed by atoms with E-state index in [1.54, 1.807) is 18.2 Å². The minimum Gasteiger partial charge on any atom is -0.482 e. The topological polar surface area (TPSA) is 101 Å². The summed E-state index contributed by atoms with van der Waals surface area (Å²) in [4.78, 5) is 16.3. The van der Waals surface area contributed by atoms with E-state index in [1.165, 1.54) is 0 Å². The van der Waals surface area contributed by atoms with Gasteiger partial charge in [0.05, 0.1) is 0 Å². The monoisotopic (exact) mass is 440 g/mol. The molecule has 1 heterocycles. The van der Waals surface area contributed by atoms with E-state index in [1.807, 2.05) is 36.4 Å². The lowest BCUT2D eigenvalue weighted by Crippen LogP contribution is -2.30. The molecule has 0 radical (unpaired) electrons. The highest BCUT2D eigenvalue weighted by molar-refractivity contribution is 9.10. The van der Waals surface area contributed by atoms with Crippen LogP contribution in [0.4, 0.5) is 0 Å². The van der Waals surface area contributed by atoms with E-state index in [-0.39, 0.29) is 12.5 Å². The van der Waals surface area contributed by atoms with Crippen LogP contribution < -0.4 is 10.1 Å². The van der Waals surface area contributed by atoms with Crippen LogP contribution in [0.3, 0.4) is 0 Å². The Hall–Kier alpha value is -3.18. The fourth-order valence-electron chi connectivity index (χ4n) is 2.46. The third-order valence-corrected chi connectivity index (χ3v) is 4.50. The number of ether oxygens (including phenoxy) is 1. The largest absolute Gasteiger partial charge is 0.482 e. The highest BCUT2D eigenvalue weighted by atomic mass is 79.9. The van der Waals surface area contributed by atoms with Gasteiger partial charge >= 0.3 is 0 Å². The van der Waals surface area contributed by atoms with Gasteiger partial charge in [0.1, 0.15) is 17.4 Å². The molecule has 1 aromatic heterocycles. The first-order valence-corrected chi connectivity index (χ1v) is 9.43. The lowest BCUT2D eigenvalue weighted by atomic mass is 10.2. The highest BCUT2D eigenvalue weighted by Gasteiger charge is 2.10. The quantitative estimate of drug-likeness (QED) is 0.537. The second-order valence-electron chi connectivity index (χ2n) is 5.84. The Morgan fingerprint density at radius 1 is 1.21 bits per heavy atom. The van der Waals surface area contributed by atoms with E-state index in [0.717, 1.165) is 5.56 Å². The number of nitriles is 1. The van der Waals surface area contributed by atoms with Crippen LogP contribution in [-0.4, -0.2) is 29.2 Å². The molecule has 0 saturated carbocycles. The van der Waals surface area contributed by atoms with Gasteiger partial charge in [-0.3, -0.25) is 4.79 Å². The molecule has 1 amide bonds. The molecule has 0 bridgehead atoms. The van der Waals surface area contributed by atoms with Gasteiger partial charge in [-0.15, -0.1) is 0 Å². The maximum absolute atomic E-state index is 11.9. The molecule has 2 aromatic carbocycles. The van der Waals surface area contributed by atoms with Crippen LogP contribution in [0.1, 0.15) is 17.9 Å². The predicted octanol–water partition coefficient (Wildman–Crippen LogP) is 3.50. The van der Waals surface area contributed by atoms with Crippen LogP contribution in [0.2, 0.25) is 0 Å². The Balaban J connectivity index is 1.40. The summed E-state index contributed by atoms with van der Waals surface area (Å²) < 4.78 is 11.3. The number of carbonyl (C=O) groups is 1. The summed E-state index contributed by atoms with van der Waals surface area (Å²) >= 11 is 3.28. The Labute approximate surface area is 170 Å². The predicted molar refractivity (Wildman–Crippen MR) is 105 cm³/mol. The molecule has 0 aliphatic heterocycles. The van der Waals surface area contributed by atoms with Crippen molar-refractivity contribution in [2.24, 2.45) is 0 Å². The lowest BCUT2D eigenvalue weighted by Gasteiger charge is -2.09. The molecule has 0 unspecified atom stereocenters. The summed E-state index contributed by atoms with van der Waals surface area (Å²) in [5.41, 5.74) is 1.26. The van der Waals surface area contributed by atoms with Crippen molar-refractivity contribution in [3.05, 3.63) is 64.5 Å². The Morgan fingerprint density at radius 2 is 2.04 bits per heavy atom. The number of amides is 1. The van der Waals surface area contributed by atoms with Crippen molar-refractivity contribution in [1.29, 1.82) is 5.26 Å². The summed E-state index contributed by atoms with van der Waals surface area (Å²) in [6.07, 6.45) is 1.22. The Kier molecular flexibility index (Phi) is 6.76. The van der Waals surface area contributed by atoms with Crippen molar-refractivity contribution in [1.82, 2.24) is 15.5 Å². The number of aromatic nitrogens is 2. The molecule has 0 spiro atoms. The third kappa shape index (κ3) is 5.18. The molecule has 8 heteroatoms. The van der Waals surface area contributed by atoms with Crippen molar-refractivity contribution < 1.29 is 14.1 Å². The number of rotatable bonds is 8. The van der Waals surface area contributed by atoms with Gasteiger partial charge in [-0.1, -0.05) is 41.6 Å². The maximum atomic E-state index is 11.9. The zero-order chi connectivity index (χ0) is 19.8. The fraction of sp³-hybridized carbons (Fsp3) is 0.200. The molecule has 0 aliphatic rings. The summed E-state index contributed by atoms with van der Waals surface area (Å²) in [7, 11) is 0. The van der Waals surface area contributed by atoms with Crippen LogP contribution in [0, 0.1) is 11.3 Å². The van der Waals surface area contributed by atoms with Gasteiger partial charge in [0.25, 0.3) is 5.91 Å². The molecule has 3 aromatic rings. The lowest BCUT2D eigenvalue weighted by molar-refractivity contribution is -0.123. The first-order valence-electron chi connectivity index (χ1n) is 8.63. The second-order valence-corrected chi connectivity index (χ2v) is 6.70. The molecule has 1 N–H and O–H groups in total. The molecule has 28 heavy (non-hydrogen) atoms. The molecular weight excluding hydrogens is 424 g/mol. The smallest absolute Gasteiger partial charge is 0.257 e. The number of carbonyl (C=O) groups excluding carboxylic acids is 1. The van der Waals surface area contributed by atoms with E-state index in [0.29, 0.717) is 46.9 Å². The van der Waals surface area contributed by atoms with Crippen molar-refractivity contribution in [2.45, 2.75) is 12.8 Å². The number of aryl methyl sites for hydroxylation is 1. The molecule has 3 rings (SSSR count). The number of hydrogen-bond acceptors (Lipinski definition) is 6. The van der Waals surface area contributed by atoms with Crippen LogP contribution in [0.25, 0.3) is 11.4 Å². The first-order chi connectivity index (χ1) is 13.7. The molecule has 0 aliphatic carbocycles. The SMILES string of the molecule is N#Cc1c(Br)cccc1OCC(=O)NCCCc1nc(-c2ccccc2)no1. The van der Waals surface area contributed by atoms with Gasteiger partial charge < -0.3 is 14.6 Å². The van der Waals surface area contributed by atoms with E-state index >= 15 is 0 Å². The second kappa shape index (κ2) is 9.67. The number of halogens is 1. The number of nitrogens with zero attached hydrogens (tertiary/aromatic N) is 3. The molecule has 0 fully saturated rings. The first kappa shape index (κ1) is 19.6. The zero-order valence-corrected chi connectivity index (χ0v) is 16.5. The van der Waals surface area contributed by atoms with Gasteiger partial charge in [-0.25, -0.2) is 0 Å². The van der Waals surface area contributed by atoms with Crippen LogP contribution in [0.15, 0.2) is 57.5 Å². The minimum atomic E-state index is -0.264. The summed E-state index contributed by atoms with van der Waals surface area (Å²) in [5, 5.41) is 15.9. The van der Waals surface area contributed by atoms with Crippen molar-refractivity contribution in [3.8, 4) is 23.2 Å². The molecule has 142 valence electrons. The summed E-state index contributed by atoms with van der Waals surface area (Å²) in [6.45, 7) is 0.290. The van der Waals surface area contributed by atoms with Gasteiger partial charge in [-0.05, 0) is 34.5 Å². The molecule has 0 atom stereocenters. The molecule has 0 saturated heterocycles. The standard InChI is InChI=1S/C20H17BrN4O3/c21-16-8-4-9-17(15(16)12-22)27-13-18(26)23-11-5-10-19-24-20(25-28-19)14-6-2-1-3-7-14/h1-4,6-9H,5,10-11,13H2,(H,23,26). The normalized spacial score (nSPS) is 10.3. The molecular formula is C20H17BrN4O3. The van der Waals surface area contributed by atoms with Gasteiger partial charge in [0.2, 0.25) is 11.7 Å². The zero-order valence-electron chi connectivity index (χ0n) is 14.9. The van der Waals surface area contributed by atoms with E-state index < -0.39 is 0 Å². The van der Waals surface area contributed by atoms with Crippen LogP contribution in [0.5, 0.6) is 5.75 Å². The van der Waals surface area contributed by atoms with Crippen molar-refractivity contribution >= 4 is 21.8 Å². The number of hydrogen-bond donors (Lipinski definition) is 1. The van der Waals surface area contributed by atoms with Crippen LogP contribution >= 0.6 is 15.9 Å². The number of nitrogens with one attached hydrogen (secondary N) is 1. The number of benzene rings is 2. The van der Waals surface area contributed by atoms with E-state index in [9.17, 15) is 4.79 Å². The molecule has 7 nitrogen and oxygen atoms in total. The minimum absolute atomic E-state index is 0.163. The average molecular weight is 441 g/mol. The van der Waals surface area contributed by atoms with E-state index in [2.05, 4.69) is 31.4 Å². The van der Waals surface area contributed by atoms with E-state index in [4.69, 9.17) is 14.5 Å². The van der Waals surface area contributed by atoms with Crippen molar-refractivity contribution in [2.75, 3.05) is 13.2 Å². The summed E-state index contributed by atoms with van der Waals surface area (Å²) in [5.74, 6) is 1.18. The Morgan fingerprint density at radius 3 is 2.82 bits per heavy atom. The highest BCUT2D eigenvalue weighted by Crippen LogP contribution is 2.25. The van der Waals surface area contributed by atoms with Crippen LogP contribution in [-0.2, 0) is 11.2 Å².